The van der Waals surface area contributed by atoms with E-state index in [0.717, 1.165) is 0 Å². The molecule has 0 saturated carbocycles. The molecule has 87 valence electrons. The number of aromatic nitrogens is 3. The molecule has 1 rings (SSSR count). The molecule has 7 heteroatoms. The molecule has 0 atom stereocenters. The summed E-state index contributed by atoms with van der Waals surface area (Å²) in [4.78, 5) is 25.2. The summed E-state index contributed by atoms with van der Waals surface area (Å²) in [6.45, 7) is 0.572. The van der Waals surface area contributed by atoms with Crippen molar-refractivity contribution in [1.82, 2.24) is 20.3 Å². The van der Waals surface area contributed by atoms with Crippen molar-refractivity contribution < 1.29 is 4.79 Å². The van der Waals surface area contributed by atoms with E-state index in [9.17, 15) is 4.79 Å². The van der Waals surface area contributed by atoms with Gasteiger partial charge in [-0.25, -0.2) is 0 Å². The van der Waals surface area contributed by atoms with Crippen LogP contribution in [-0.2, 0) is 11.2 Å². The van der Waals surface area contributed by atoms with Crippen LogP contribution in [-0.4, -0.2) is 66.6 Å². The van der Waals surface area contributed by atoms with Crippen LogP contribution in [0.4, 0.5) is 5.95 Å². The van der Waals surface area contributed by atoms with Crippen molar-refractivity contribution in [2.75, 3.05) is 25.5 Å². The van der Waals surface area contributed by atoms with Crippen molar-refractivity contribution in [2.24, 2.45) is 0 Å². The standard InChI is InChI=1S/C9H14N5O.Po/c1-7(15)10-5-4-8-11-6-12-9(13-8)14(2)3;/h6H,1,4-5H2,2-3H3,(H,10,15);. The summed E-state index contributed by atoms with van der Waals surface area (Å²) in [6, 6.07) is 0. The molecule has 0 aliphatic heterocycles. The van der Waals surface area contributed by atoms with E-state index < -0.39 is 0 Å². The average molecular weight is 417 g/mol. The first-order valence-corrected chi connectivity index (χ1v) is 7.08. The number of anilines is 1. The normalized spacial score (nSPS) is 9.94. The molecule has 0 aliphatic carbocycles. The fourth-order valence-corrected chi connectivity index (χ4v) is 1.42. The molecule has 1 heterocycles. The molecule has 0 aliphatic rings. The van der Waals surface area contributed by atoms with Gasteiger partial charge in [0.15, 0.2) is 0 Å². The molecule has 1 amide bonds. The number of nitrogens with one attached hydrogen (secondary N) is 1. The zero-order chi connectivity index (χ0) is 12.0. The molecule has 0 unspecified atom stereocenters. The second-order valence-electron chi connectivity index (χ2n) is 3.34. The summed E-state index contributed by atoms with van der Waals surface area (Å²) in [5.41, 5.74) is 0. The molecule has 0 fully saturated rings. The summed E-state index contributed by atoms with van der Waals surface area (Å²) in [5.74, 6) is 1.41. The zero-order valence-corrected chi connectivity index (χ0v) is 12.5. The maximum atomic E-state index is 11.0. The molecule has 0 aromatic carbocycles. The van der Waals surface area contributed by atoms with E-state index in [1.807, 2.05) is 19.0 Å². The first-order valence-electron chi connectivity index (χ1n) is 4.83. The first-order chi connectivity index (χ1) is 7.63. The minimum atomic E-state index is 0.0805. The Kier molecular flexibility index (Phi) is 5.54. The number of rotatable bonds is 5. The number of carbonyl (C=O) groups excluding carboxylic acids is 1. The molecule has 1 radical (unpaired) electrons. The fraction of sp³-hybridized carbons (Fsp3) is 0.556. The summed E-state index contributed by atoms with van der Waals surface area (Å²) < 4.78 is 0.583. The van der Waals surface area contributed by atoms with E-state index in [4.69, 9.17) is 0 Å². The third-order valence-electron chi connectivity index (χ3n) is 1.81. The third kappa shape index (κ3) is 4.36. The predicted octanol–water partition coefficient (Wildman–Crippen LogP) is -0.817. The third-order valence-corrected chi connectivity index (χ3v) is 2.83. The van der Waals surface area contributed by atoms with Crippen LogP contribution in [0, 0.1) is 0 Å². The molecule has 1 N–H and O–H groups in total. The average Bonchev–Trinajstić information content (AvgIpc) is 2.29. The maximum absolute atomic E-state index is 11.0. The minimum absolute atomic E-state index is 0.0805. The van der Waals surface area contributed by atoms with Crippen LogP contribution in [0.5, 0.6) is 0 Å². The van der Waals surface area contributed by atoms with Crippen molar-refractivity contribution >= 4 is 36.9 Å². The Morgan fingerprint density at radius 3 is 2.88 bits per heavy atom. The monoisotopic (exact) mass is 417 g/mol. The van der Waals surface area contributed by atoms with Gasteiger partial charge in [0.1, 0.15) is 0 Å². The van der Waals surface area contributed by atoms with Gasteiger partial charge in [-0.3, -0.25) is 0 Å². The van der Waals surface area contributed by atoms with Crippen LogP contribution in [0.3, 0.4) is 0 Å². The Hall–Kier alpha value is -0.824. The quantitative estimate of drug-likeness (QED) is 0.679. The van der Waals surface area contributed by atoms with Gasteiger partial charge in [-0.15, -0.1) is 0 Å². The molecule has 1 aromatic heterocycles. The van der Waals surface area contributed by atoms with Gasteiger partial charge in [0.05, 0.1) is 0 Å². The Bertz CT molecular complexity index is 358. The number of carbonyl (C=O) groups is 1. The molecule has 16 heavy (non-hydrogen) atoms. The molecule has 0 bridgehead atoms. The molecule has 0 spiro atoms. The summed E-state index contributed by atoms with van der Waals surface area (Å²) >= 11 is 1.27. The molecular weight excluding hydrogens is 403 g/mol. The molecule has 0 saturated heterocycles. The van der Waals surface area contributed by atoms with E-state index >= 15 is 0 Å². The van der Waals surface area contributed by atoms with Crippen molar-refractivity contribution in [3.63, 3.8) is 0 Å². The van der Waals surface area contributed by atoms with Crippen LogP contribution >= 0.6 is 0 Å². The Labute approximate surface area is 110 Å². The van der Waals surface area contributed by atoms with E-state index in [0.29, 0.717) is 28.8 Å². The topological polar surface area (TPSA) is 71.0 Å². The van der Waals surface area contributed by atoms with Crippen molar-refractivity contribution in [2.45, 2.75) is 10.5 Å². The number of hydrogen-bond acceptors (Lipinski definition) is 5. The van der Waals surface area contributed by atoms with E-state index in [2.05, 4.69) is 20.3 Å². The van der Waals surface area contributed by atoms with Gasteiger partial charge in [0, 0.05) is 0 Å². The van der Waals surface area contributed by atoms with Crippen LogP contribution in [0.1, 0.15) is 5.82 Å². The van der Waals surface area contributed by atoms with Gasteiger partial charge in [0.25, 0.3) is 0 Å². The first kappa shape index (κ1) is 13.2. The number of hydrogen-bond donors (Lipinski definition) is 1. The van der Waals surface area contributed by atoms with E-state index in [1.165, 1.54) is 31.4 Å². The van der Waals surface area contributed by atoms with Crippen molar-refractivity contribution in [3.05, 3.63) is 12.2 Å². The Balaban J connectivity index is 2.48. The van der Waals surface area contributed by atoms with Crippen molar-refractivity contribution in [3.8, 4) is 0 Å². The SMILES string of the molecule is CN(C)c1ncnc(CCNC(=O)[CH2][Po])n1. The summed E-state index contributed by atoms with van der Waals surface area (Å²) in [5, 5.41) is 2.80. The Morgan fingerprint density at radius 1 is 1.50 bits per heavy atom. The van der Waals surface area contributed by atoms with Gasteiger partial charge < -0.3 is 0 Å². The van der Waals surface area contributed by atoms with Gasteiger partial charge in [-0.2, -0.15) is 0 Å². The van der Waals surface area contributed by atoms with Gasteiger partial charge in [0.2, 0.25) is 0 Å². The predicted molar refractivity (Wildman–Crippen MR) is 61.4 cm³/mol. The van der Waals surface area contributed by atoms with Gasteiger partial charge in [-0.1, -0.05) is 0 Å². The van der Waals surface area contributed by atoms with Gasteiger partial charge >= 0.3 is 110 Å². The van der Waals surface area contributed by atoms with Gasteiger partial charge in [-0.05, 0) is 0 Å². The zero-order valence-electron chi connectivity index (χ0n) is 9.30. The fourth-order valence-electron chi connectivity index (χ4n) is 1.02. The van der Waals surface area contributed by atoms with E-state index in [1.54, 1.807) is 0 Å². The Morgan fingerprint density at radius 2 is 2.25 bits per heavy atom. The summed E-state index contributed by atoms with van der Waals surface area (Å²) in [7, 11) is 3.75. The second kappa shape index (κ2) is 6.69. The van der Waals surface area contributed by atoms with Crippen LogP contribution in [0.25, 0.3) is 0 Å². The second-order valence-corrected chi connectivity index (χ2v) is 4.46. The molecule has 1 aromatic rings. The van der Waals surface area contributed by atoms with Crippen LogP contribution < -0.4 is 10.2 Å². The van der Waals surface area contributed by atoms with Crippen molar-refractivity contribution in [1.29, 1.82) is 0 Å². The van der Waals surface area contributed by atoms with Crippen LogP contribution in [0.15, 0.2) is 6.33 Å². The summed E-state index contributed by atoms with van der Waals surface area (Å²) in [6.07, 6.45) is 2.12. The molecular formula is C9H14N5OPo. The number of amides is 1. The van der Waals surface area contributed by atoms with E-state index in [-0.39, 0.29) is 5.91 Å². The molecule has 6 nitrogen and oxygen atoms in total. The number of nitrogens with zero attached hydrogens (tertiary/aromatic N) is 4. The van der Waals surface area contributed by atoms with Crippen LogP contribution in [0.2, 0.25) is 4.08 Å².